The van der Waals surface area contributed by atoms with Gasteiger partial charge in [-0.3, -0.25) is 0 Å². The molecule has 0 spiro atoms. The summed E-state index contributed by atoms with van der Waals surface area (Å²) in [5.74, 6) is 0.739. The van der Waals surface area contributed by atoms with Gasteiger partial charge in [-0.25, -0.2) is 4.79 Å². The van der Waals surface area contributed by atoms with Gasteiger partial charge >= 0.3 is 6.09 Å². The van der Waals surface area contributed by atoms with Crippen molar-refractivity contribution in [3.63, 3.8) is 0 Å². The Hall–Kier alpha value is -0.190. The van der Waals surface area contributed by atoms with Crippen LogP contribution in [0.2, 0.25) is 0 Å². The van der Waals surface area contributed by atoms with Crippen LogP contribution in [0, 0.1) is 0 Å². The summed E-state index contributed by atoms with van der Waals surface area (Å²) in [6, 6.07) is 0. The molecular formula is C7H14Cl2N2O2. The molecule has 0 heterocycles. The van der Waals surface area contributed by atoms with Crippen LogP contribution in [-0.2, 0) is 4.74 Å². The van der Waals surface area contributed by atoms with Crippen LogP contribution in [0.1, 0.15) is 0 Å². The third kappa shape index (κ3) is 5.96. The van der Waals surface area contributed by atoms with Crippen LogP contribution in [0.4, 0.5) is 4.79 Å². The summed E-state index contributed by atoms with van der Waals surface area (Å²) in [5.41, 5.74) is 5.18. The highest BCUT2D eigenvalue weighted by atomic mass is 35.5. The SMILES string of the molecule is NCCOC(=O)N(CCCl)CCCl. The minimum absolute atomic E-state index is 0.222. The van der Waals surface area contributed by atoms with E-state index in [1.807, 2.05) is 0 Å². The third-order valence-corrected chi connectivity index (χ3v) is 1.65. The summed E-state index contributed by atoms with van der Waals surface area (Å²) in [5, 5.41) is 0. The monoisotopic (exact) mass is 228 g/mol. The number of nitrogens with two attached hydrogens (primary N) is 1. The Morgan fingerprint density at radius 1 is 1.31 bits per heavy atom. The maximum absolute atomic E-state index is 11.2. The number of amides is 1. The second-order valence-electron chi connectivity index (χ2n) is 2.27. The van der Waals surface area contributed by atoms with E-state index in [1.165, 1.54) is 4.90 Å². The second kappa shape index (κ2) is 8.41. The number of carbonyl (C=O) groups excluding carboxylic acids is 1. The van der Waals surface area contributed by atoms with Gasteiger partial charge < -0.3 is 15.4 Å². The maximum Gasteiger partial charge on any atom is 0.409 e. The first-order chi connectivity index (χ1) is 6.26. The molecule has 0 atom stereocenters. The average molecular weight is 229 g/mol. The molecule has 0 aliphatic rings. The number of rotatable bonds is 6. The Morgan fingerprint density at radius 2 is 1.85 bits per heavy atom. The molecule has 0 aromatic heterocycles. The highest BCUT2D eigenvalue weighted by molar-refractivity contribution is 6.18. The van der Waals surface area contributed by atoms with Gasteiger partial charge in [0.05, 0.1) is 0 Å². The van der Waals surface area contributed by atoms with E-state index in [0.29, 0.717) is 31.4 Å². The fourth-order valence-corrected chi connectivity index (χ4v) is 1.14. The fourth-order valence-electron chi connectivity index (χ4n) is 0.736. The van der Waals surface area contributed by atoms with Crippen LogP contribution in [0.3, 0.4) is 0 Å². The zero-order valence-corrected chi connectivity index (χ0v) is 8.85. The Labute approximate surface area is 87.9 Å². The molecule has 78 valence electrons. The summed E-state index contributed by atoms with van der Waals surface area (Å²) in [6.45, 7) is 1.43. The Morgan fingerprint density at radius 3 is 2.23 bits per heavy atom. The van der Waals surface area contributed by atoms with Crippen molar-refractivity contribution in [2.45, 2.75) is 0 Å². The van der Waals surface area contributed by atoms with E-state index in [0.717, 1.165) is 0 Å². The second-order valence-corrected chi connectivity index (χ2v) is 3.02. The largest absolute Gasteiger partial charge is 0.448 e. The van der Waals surface area contributed by atoms with Crippen molar-refractivity contribution >= 4 is 29.3 Å². The molecule has 0 rings (SSSR count). The first-order valence-electron chi connectivity index (χ1n) is 4.00. The van der Waals surface area contributed by atoms with Crippen molar-refractivity contribution < 1.29 is 9.53 Å². The molecule has 0 fully saturated rings. The lowest BCUT2D eigenvalue weighted by molar-refractivity contribution is 0.109. The smallest absolute Gasteiger partial charge is 0.409 e. The van der Waals surface area contributed by atoms with Gasteiger partial charge in [0.25, 0.3) is 0 Å². The number of hydrogen-bond donors (Lipinski definition) is 1. The number of alkyl halides is 2. The molecule has 0 saturated carbocycles. The zero-order valence-electron chi connectivity index (χ0n) is 7.34. The molecule has 1 amide bonds. The Kier molecular flexibility index (Phi) is 8.29. The van der Waals surface area contributed by atoms with Crippen molar-refractivity contribution in [3.05, 3.63) is 0 Å². The van der Waals surface area contributed by atoms with E-state index < -0.39 is 6.09 Å². The summed E-state index contributed by atoms with van der Waals surface area (Å²) in [7, 11) is 0. The first-order valence-corrected chi connectivity index (χ1v) is 5.06. The van der Waals surface area contributed by atoms with Gasteiger partial charge in [-0.15, -0.1) is 23.2 Å². The normalized spacial score (nSPS) is 9.77. The standard InChI is InChI=1S/C7H14Cl2N2O2/c8-1-4-11(5-2-9)7(12)13-6-3-10/h1-6,10H2. The number of halogens is 2. The molecule has 0 bridgehead atoms. The minimum Gasteiger partial charge on any atom is -0.448 e. The lowest BCUT2D eigenvalue weighted by Gasteiger charge is -2.19. The van der Waals surface area contributed by atoms with Gasteiger partial charge in [-0.2, -0.15) is 0 Å². The molecule has 6 heteroatoms. The van der Waals surface area contributed by atoms with Gasteiger partial charge in [0.15, 0.2) is 0 Å². The van der Waals surface area contributed by atoms with E-state index in [2.05, 4.69) is 0 Å². The number of hydrogen-bond acceptors (Lipinski definition) is 3. The van der Waals surface area contributed by atoms with E-state index in [1.54, 1.807) is 0 Å². The van der Waals surface area contributed by atoms with E-state index in [4.69, 9.17) is 33.7 Å². The van der Waals surface area contributed by atoms with E-state index in [9.17, 15) is 4.79 Å². The van der Waals surface area contributed by atoms with Crippen LogP contribution in [0.15, 0.2) is 0 Å². The Bertz CT molecular complexity index is 140. The molecular weight excluding hydrogens is 215 g/mol. The first kappa shape index (κ1) is 12.8. The van der Waals surface area contributed by atoms with Gasteiger partial charge in [-0.1, -0.05) is 0 Å². The topological polar surface area (TPSA) is 55.6 Å². The van der Waals surface area contributed by atoms with Crippen molar-refractivity contribution in [2.24, 2.45) is 5.73 Å². The fraction of sp³-hybridized carbons (Fsp3) is 0.857. The predicted octanol–water partition coefficient (Wildman–Crippen LogP) is 0.861. The lowest BCUT2D eigenvalue weighted by Crippen LogP contribution is -2.35. The van der Waals surface area contributed by atoms with Gasteiger partial charge in [0, 0.05) is 31.4 Å². The predicted molar refractivity (Wildman–Crippen MR) is 53.4 cm³/mol. The van der Waals surface area contributed by atoms with Crippen LogP contribution >= 0.6 is 23.2 Å². The molecule has 0 aliphatic heterocycles. The quantitative estimate of drug-likeness (QED) is 0.687. The third-order valence-electron chi connectivity index (χ3n) is 1.31. The van der Waals surface area contributed by atoms with Gasteiger partial charge in [0.1, 0.15) is 6.61 Å². The number of nitrogens with zero attached hydrogens (tertiary/aromatic N) is 1. The van der Waals surface area contributed by atoms with Gasteiger partial charge in [-0.05, 0) is 0 Å². The summed E-state index contributed by atoms with van der Waals surface area (Å²) >= 11 is 11.0. The van der Waals surface area contributed by atoms with Gasteiger partial charge in [0.2, 0.25) is 0 Å². The summed E-state index contributed by atoms with van der Waals surface area (Å²) < 4.78 is 4.80. The molecule has 4 nitrogen and oxygen atoms in total. The molecule has 0 aromatic rings. The molecule has 0 unspecified atom stereocenters. The van der Waals surface area contributed by atoms with E-state index in [-0.39, 0.29) is 6.61 Å². The number of carbonyl (C=O) groups is 1. The zero-order chi connectivity index (χ0) is 10.1. The van der Waals surface area contributed by atoms with Crippen LogP contribution in [-0.4, -0.2) is 49.0 Å². The molecule has 0 aromatic carbocycles. The maximum atomic E-state index is 11.2. The van der Waals surface area contributed by atoms with Crippen LogP contribution in [0.5, 0.6) is 0 Å². The van der Waals surface area contributed by atoms with E-state index >= 15 is 0 Å². The van der Waals surface area contributed by atoms with Crippen LogP contribution < -0.4 is 5.73 Å². The van der Waals surface area contributed by atoms with Crippen molar-refractivity contribution in [2.75, 3.05) is 38.0 Å². The molecule has 0 saturated heterocycles. The highest BCUT2D eigenvalue weighted by Gasteiger charge is 2.12. The van der Waals surface area contributed by atoms with Crippen molar-refractivity contribution in [1.29, 1.82) is 0 Å². The molecule has 0 radical (unpaired) electrons. The molecule has 13 heavy (non-hydrogen) atoms. The van der Waals surface area contributed by atoms with Crippen molar-refractivity contribution in [3.8, 4) is 0 Å². The lowest BCUT2D eigenvalue weighted by atomic mass is 10.5. The Balaban J connectivity index is 3.80. The van der Waals surface area contributed by atoms with Crippen molar-refractivity contribution in [1.82, 2.24) is 4.90 Å². The summed E-state index contributed by atoms with van der Waals surface area (Å²) in [4.78, 5) is 12.7. The average Bonchev–Trinajstić information content (AvgIpc) is 2.14. The molecule has 2 N–H and O–H groups in total. The highest BCUT2D eigenvalue weighted by Crippen LogP contribution is 1.96. The van der Waals surface area contributed by atoms with Crippen LogP contribution in [0.25, 0.3) is 0 Å². The number of ether oxygens (including phenoxy) is 1. The minimum atomic E-state index is -0.410. The molecule has 0 aliphatic carbocycles. The summed E-state index contributed by atoms with van der Waals surface area (Å²) in [6.07, 6.45) is -0.410.